The molecule has 0 radical (unpaired) electrons. The quantitative estimate of drug-likeness (QED) is 0.502. The standard InChI is InChI=1S/C6H15N.Au.H2O3S/c1-4-7(5-2)6-3;;1-4(2)3/h4-6H2,1-3H3;;(H2,1,2,3)/q;+1;/p-1. The van der Waals surface area contributed by atoms with Crippen molar-refractivity contribution in [1.29, 1.82) is 0 Å². The zero-order chi connectivity index (χ0) is 9.28. The molecule has 12 heavy (non-hydrogen) atoms. The van der Waals surface area contributed by atoms with E-state index in [1.54, 1.807) is 4.90 Å². The summed E-state index contributed by atoms with van der Waals surface area (Å²) in [5, 5.41) is 0. The largest absolute Gasteiger partial charge is 1.00 e. The molecular formula is C6H16AuNO3S. The van der Waals surface area contributed by atoms with Gasteiger partial charge in [0.25, 0.3) is 0 Å². The molecule has 0 rings (SSSR count). The van der Waals surface area contributed by atoms with Crippen LogP contribution in [0.5, 0.6) is 0 Å². The Balaban J connectivity index is -0.000000142. The van der Waals surface area contributed by atoms with Crippen LogP contribution in [-0.4, -0.2) is 32.9 Å². The summed E-state index contributed by atoms with van der Waals surface area (Å²) in [6.07, 6.45) is 0. The average Bonchev–Trinajstić information content (AvgIpc) is 1.90. The van der Waals surface area contributed by atoms with Crippen molar-refractivity contribution in [3.05, 3.63) is 0 Å². The van der Waals surface area contributed by atoms with Crippen LogP contribution in [0.3, 0.4) is 0 Å². The van der Waals surface area contributed by atoms with E-state index in [9.17, 15) is 0 Å². The predicted octanol–water partition coefficient (Wildman–Crippen LogP) is -1.08. The molecule has 0 aliphatic heterocycles. The average molecular weight is 379 g/mol. The van der Waals surface area contributed by atoms with Crippen molar-refractivity contribution in [2.24, 2.45) is 0 Å². The van der Waals surface area contributed by atoms with Gasteiger partial charge in [-0.15, -0.1) is 11.4 Å². The number of quaternary nitrogens is 1. The van der Waals surface area contributed by atoms with Gasteiger partial charge >= 0.3 is 22.4 Å². The Hall–Kier alpha value is 0.770. The van der Waals surface area contributed by atoms with E-state index in [-0.39, 0.29) is 22.4 Å². The molecule has 0 amide bonds. The Bertz CT molecular complexity index is 91.3. The maximum atomic E-state index is 8.44. The summed E-state index contributed by atoms with van der Waals surface area (Å²) in [4.78, 5) is 1.68. The Kier molecular flexibility index (Phi) is 22.1. The summed E-state index contributed by atoms with van der Waals surface area (Å²) in [5.41, 5.74) is 0. The number of rotatable bonds is 3. The molecule has 1 N–H and O–H groups in total. The zero-order valence-corrected chi connectivity index (χ0v) is 10.5. The summed E-state index contributed by atoms with van der Waals surface area (Å²) >= 11 is -3.11. The van der Waals surface area contributed by atoms with Crippen molar-refractivity contribution in [1.82, 2.24) is 0 Å². The Labute approximate surface area is 92.3 Å². The van der Waals surface area contributed by atoms with Crippen LogP contribution in [0, 0.1) is 0 Å². The summed E-state index contributed by atoms with van der Waals surface area (Å²) in [7, 11) is 0. The van der Waals surface area contributed by atoms with Gasteiger partial charge in [-0.3, -0.25) is 4.21 Å². The van der Waals surface area contributed by atoms with Crippen molar-refractivity contribution in [3.8, 4) is 0 Å². The molecule has 0 heterocycles. The van der Waals surface area contributed by atoms with Crippen LogP contribution in [0.4, 0.5) is 0 Å². The van der Waals surface area contributed by atoms with E-state index in [4.69, 9.17) is 13.3 Å². The van der Waals surface area contributed by atoms with E-state index in [0.717, 1.165) is 0 Å². The minimum absolute atomic E-state index is 0. The van der Waals surface area contributed by atoms with Gasteiger partial charge in [-0.2, -0.15) is 0 Å². The number of hydrogen-bond donors (Lipinski definition) is 1. The maximum absolute atomic E-state index is 8.44. The Morgan fingerprint density at radius 3 is 1.25 bits per heavy atom. The van der Waals surface area contributed by atoms with E-state index in [0.29, 0.717) is 0 Å². The van der Waals surface area contributed by atoms with Crippen molar-refractivity contribution < 1.29 is 40.6 Å². The number of hydrogen-bond acceptors (Lipinski definition) is 3. The van der Waals surface area contributed by atoms with Gasteiger partial charge in [0.15, 0.2) is 0 Å². The second-order valence-electron chi connectivity index (χ2n) is 2.01. The first-order valence-electron chi connectivity index (χ1n) is 3.68. The fraction of sp³-hybridized carbons (Fsp3) is 1.00. The third kappa shape index (κ3) is 22.4. The fourth-order valence-electron chi connectivity index (χ4n) is 0.750. The summed E-state index contributed by atoms with van der Waals surface area (Å²) < 4.78 is 25.3. The zero-order valence-electron chi connectivity index (χ0n) is 7.56. The van der Waals surface area contributed by atoms with E-state index < -0.39 is 11.4 Å². The molecule has 6 heteroatoms. The molecular weight excluding hydrogens is 363 g/mol. The molecule has 0 aromatic carbocycles. The van der Waals surface area contributed by atoms with Gasteiger partial charge in [-0.25, -0.2) is 0 Å². The molecule has 0 aromatic rings. The summed E-state index contributed by atoms with van der Waals surface area (Å²) in [6, 6.07) is 0. The van der Waals surface area contributed by atoms with Crippen LogP contribution < -0.4 is 4.90 Å². The van der Waals surface area contributed by atoms with Crippen LogP contribution in [0.15, 0.2) is 0 Å². The minimum atomic E-state index is -3.11. The Morgan fingerprint density at radius 2 is 1.25 bits per heavy atom. The third-order valence-electron chi connectivity index (χ3n) is 1.50. The number of nitrogens with one attached hydrogen (secondary N) is 1. The molecule has 0 saturated carbocycles. The van der Waals surface area contributed by atoms with E-state index in [2.05, 4.69) is 20.8 Å². The fourth-order valence-corrected chi connectivity index (χ4v) is 0.750. The summed E-state index contributed by atoms with van der Waals surface area (Å²) in [5.74, 6) is 0. The van der Waals surface area contributed by atoms with E-state index >= 15 is 0 Å². The van der Waals surface area contributed by atoms with Gasteiger partial charge < -0.3 is 14.0 Å². The molecule has 0 aromatic heterocycles. The van der Waals surface area contributed by atoms with Crippen LogP contribution in [0.2, 0.25) is 0 Å². The van der Waals surface area contributed by atoms with E-state index in [1.807, 2.05) is 0 Å². The van der Waals surface area contributed by atoms with Gasteiger partial charge in [0.2, 0.25) is 0 Å². The molecule has 0 fully saturated rings. The van der Waals surface area contributed by atoms with Crippen molar-refractivity contribution in [3.63, 3.8) is 0 Å². The molecule has 0 unspecified atom stereocenters. The predicted molar refractivity (Wildman–Crippen MR) is 42.3 cm³/mol. The molecule has 80 valence electrons. The molecule has 0 saturated heterocycles. The molecule has 0 atom stereocenters. The molecule has 0 aliphatic carbocycles. The molecule has 4 nitrogen and oxygen atoms in total. The third-order valence-corrected chi connectivity index (χ3v) is 1.50. The monoisotopic (exact) mass is 379 g/mol. The van der Waals surface area contributed by atoms with Gasteiger partial charge in [-0.05, 0) is 20.8 Å². The maximum Gasteiger partial charge on any atom is 1.00 e. The van der Waals surface area contributed by atoms with E-state index in [1.165, 1.54) is 19.6 Å². The van der Waals surface area contributed by atoms with Crippen LogP contribution in [-0.2, 0) is 33.7 Å². The first kappa shape index (κ1) is 18.5. The Morgan fingerprint density at radius 1 is 1.08 bits per heavy atom. The van der Waals surface area contributed by atoms with Crippen LogP contribution in [0.1, 0.15) is 20.8 Å². The molecule has 0 bridgehead atoms. The topological polar surface area (TPSA) is 67.6 Å². The molecule has 0 spiro atoms. The van der Waals surface area contributed by atoms with Crippen LogP contribution in [0.25, 0.3) is 0 Å². The normalized spacial score (nSPS) is 8.92. The van der Waals surface area contributed by atoms with Gasteiger partial charge in [0.05, 0.1) is 19.6 Å². The SMILES string of the molecule is CC[NH+](CC)CC.O=S([O-])[O-].[Au+]. The van der Waals surface area contributed by atoms with Crippen molar-refractivity contribution >= 4 is 11.4 Å². The second-order valence-corrected chi connectivity index (χ2v) is 2.42. The van der Waals surface area contributed by atoms with Crippen molar-refractivity contribution in [2.75, 3.05) is 19.6 Å². The van der Waals surface area contributed by atoms with Gasteiger partial charge in [-0.1, -0.05) is 0 Å². The van der Waals surface area contributed by atoms with Gasteiger partial charge in [0.1, 0.15) is 0 Å². The smallest absolute Gasteiger partial charge is 0.784 e. The summed E-state index contributed by atoms with van der Waals surface area (Å²) in [6.45, 7) is 10.5. The molecule has 0 aliphatic rings. The first-order valence-corrected chi connectivity index (χ1v) is 4.68. The van der Waals surface area contributed by atoms with Gasteiger partial charge in [0, 0.05) is 0 Å². The minimum Gasteiger partial charge on any atom is -0.784 e. The first-order chi connectivity index (χ1) is 5.08. The van der Waals surface area contributed by atoms with Crippen molar-refractivity contribution in [2.45, 2.75) is 20.8 Å². The second kappa shape index (κ2) is 14.3. The van der Waals surface area contributed by atoms with Crippen LogP contribution >= 0.6 is 0 Å².